The van der Waals surface area contributed by atoms with Crippen LogP contribution in [0.5, 0.6) is 5.75 Å². The first kappa shape index (κ1) is 9.84. The zero-order valence-electron chi connectivity index (χ0n) is 9.37. The van der Waals surface area contributed by atoms with Crippen molar-refractivity contribution in [3.8, 4) is 17.1 Å². The number of aromatic nitrogens is 3. The molecule has 3 rings (SSSR count). The molecule has 0 saturated heterocycles. The SMILES string of the molecule is COc1cccn2c(-c3ccncc3)ncc12. The van der Waals surface area contributed by atoms with Gasteiger partial charge in [0, 0.05) is 24.2 Å². The third-order valence-electron chi connectivity index (χ3n) is 2.69. The number of nitrogens with zero attached hydrogens (tertiary/aromatic N) is 3. The van der Waals surface area contributed by atoms with Gasteiger partial charge in [0.05, 0.1) is 13.3 Å². The number of methoxy groups -OCH3 is 1. The molecule has 0 bridgehead atoms. The van der Waals surface area contributed by atoms with Crippen molar-refractivity contribution < 1.29 is 4.74 Å². The highest BCUT2D eigenvalue weighted by Gasteiger charge is 2.08. The molecule has 0 amide bonds. The van der Waals surface area contributed by atoms with E-state index in [0.717, 1.165) is 22.7 Å². The molecule has 0 fully saturated rings. The second kappa shape index (κ2) is 3.90. The molecule has 0 N–H and O–H groups in total. The second-order valence-corrected chi connectivity index (χ2v) is 3.65. The van der Waals surface area contributed by atoms with Gasteiger partial charge in [-0.2, -0.15) is 0 Å². The van der Waals surface area contributed by atoms with Gasteiger partial charge < -0.3 is 4.74 Å². The number of ether oxygens (including phenoxy) is 1. The Morgan fingerprint density at radius 3 is 2.76 bits per heavy atom. The Kier molecular flexibility index (Phi) is 2.26. The summed E-state index contributed by atoms with van der Waals surface area (Å²) in [6.07, 6.45) is 7.31. The molecule has 84 valence electrons. The van der Waals surface area contributed by atoms with E-state index in [0.29, 0.717) is 0 Å². The number of hydrogen-bond acceptors (Lipinski definition) is 3. The molecule has 0 radical (unpaired) electrons. The normalized spacial score (nSPS) is 10.6. The van der Waals surface area contributed by atoms with E-state index >= 15 is 0 Å². The average Bonchev–Trinajstić information content (AvgIpc) is 2.83. The summed E-state index contributed by atoms with van der Waals surface area (Å²) in [6.45, 7) is 0. The first-order chi connectivity index (χ1) is 8.40. The molecule has 3 heterocycles. The second-order valence-electron chi connectivity index (χ2n) is 3.65. The van der Waals surface area contributed by atoms with Crippen LogP contribution in [-0.2, 0) is 0 Å². The fraction of sp³-hybridized carbons (Fsp3) is 0.0769. The summed E-state index contributed by atoms with van der Waals surface area (Å²) in [7, 11) is 1.66. The minimum atomic E-state index is 0.820. The van der Waals surface area contributed by atoms with Gasteiger partial charge in [-0.05, 0) is 24.3 Å². The van der Waals surface area contributed by atoms with Crippen molar-refractivity contribution in [1.29, 1.82) is 0 Å². The fourth-order valence-corrected chi connectivity index (χ4v) is 1.88. The lowest BCUT2D eigenvalue weighted by molar-refractivity contribution is 0.418. The number of rotatable bonds is 2. The summed E-state index contributed by atoms with van der Waals surface area (Å²) in [6, 6.07) is 7.74. The molecule has 4 nitrogen and oxygen atoms in total. The van der Waals surface area contributed by atoms with E-state index in [2.05, 4.69) is 9.97 Å². The van der Waals surface area contributed by atoms with Crippen molar-refractivity contribution in [2.75, 3.05) is 7.11 Å². The van der Waals surface area contributed by atoms with Crippen molar-refractivity contribution in [2.45, 2.75) is 0 Å². The standard InChI is InChI=1S/C13H11N3O/c1-17-12-3-2-8-16-11(12)9-15-13(16)10-4-6-14-7-5-10/h2-9H,1H3. The van der Waals surface area contributed by atoms with Crippen LogP contribution in [-0.4, -0.2) is 21.5 Å². The van der Waals surface area contributed by atoms with Gasteiger partial charge in [0.25, 0.3) is 0 Å². The van der Waals surface area contributed by atoms with Gasteiger partial charge >= 0.3 is 0 Å². The lowest BCUT2D eigenvalue weighted by atomic mass is 10.2. The smallest absolute Gasteiger partial charge is 0.144 e. The Bertz CT molecular complexity index is 646. The lowest BCUT2D eigenvalue weighted by Gasteiger charge is -2.04. The molecule has 0 aliphatic rings. The molecule has 0 aromatic carbocycles. The highest BCUT2D eigenvalue weighted by Crippen LogP contribution is 2.24. The Morgan fingerprint density at radius 1 is 1.18 bits per heavy atom. The zero-order valence-corrected chi connectivity index (χ0v) is 9.37. The maximum absolute atomic E-state index is 5.30. The van der Waals surface area contributed by atoms with E-state index in [1.54, 1.807) is 19.5 Å². The first-order valence-corrected chi connectivity index (χ1v) is 5.30. The predicted octanol–water partition coefficient (Wildman–Crippen LogP) is 2.40. The van der Waals surface area contributed by atoms with Gasteiger partial charge in [-0.3, -0.25) is 9.38 Å². The number of hydrogen-bond donors (Lipinski definition) is 0. The van der Waals surface area contributed by atoms with Crippen LogP contribution in [0.15, 0.2) is 49.1 Å². The van der Waals surface area contributed by atoms with Crippen LogP contribution >= 0.6 is 0 Å². The average molecular weight is 225 g/mol. The summed E-state index contributed by atoms with van der Waals surface area (Å²) in [5, 5.41) is 0. The van der Waals surface area contributed by atoms with Crippen molar-refractivity contribution in [2.24, 2.45) is 0 Å². The van der Waals surface area contributed by atoms with Gasteiger partial charge in [0.15, 0.2) is 0 Å². The van der Waals surface area contributed by atoms with Gasteiger partial charge in [-0.25, -0.2) is 4.98 Å². The topological polar surface area (TPSA) is 39.4 Å². The maximum Gasteiger partial charge on any atom is 0.144 e. The predicted molar refractivity (Wildman–Crippen MR) is 65.0 cm³/mol. The van der Waals surface area contributed by atoms with Gasteiger partial charge in [-0.15, -0.1) is 0 Å². The lowest BCUT2D eigenvalue weighted by Crippen LogP contribution is -1.91. The molecule has 0 spiro atoms. The number of imidazole rings is 1. The molecular weight excluding hydrogens is 214 g/mol. The minimum Gasteiger partial charge on any atom is -0.494 e. The molecule has 4 heteroatoms. The third-order valence-corrected chi connectivity index (χ3v) is 2.69. The maximum atomic E-state index is 5.30. The van der Waals surface area contributed by atoms with E-state index in [1.807, 2.05) is 41.1 Å². The molecule has 0 saturated carbocycles. The van der Waals surface area contributed by atoms with E-state index in [9.17, 15) is 0 Å². The number of fused-ring (bicyclic) bond motifs is 1. The van der Waals surface area contributed by atoms with Crippen molar-refractivity contribution >= 4 is 5.52 Å². The van der Waals surface area contributed by atoms with Crippen LogP contribution in [0, 0.1) is 0 Å². The molecule has 0 atom stereocenters. The van der Waals surface area contributed by atoms with E-state index < -0.39 is 0 Å². The Labute approximate surface area is 98.5 Å². The monoisotopic (exact) mass is 225 g/mol. The van der Waals surface area contributed by atoms with Crippen LogP contribution in [0.2, 0.25) is 0 Å². The largest absolute Gasteiger partial charge is 0.494 e. The van der Waals surface area contributed by atoms with Crippen molar-refractivity contribution in [1.82, 2.24) is 14.4 Å². The molecular formula is C13H11N3O. The summed E-state index contributed by atoms with van der Waals surface area (Å²) < 4.78 is 7.31. The van der Waals surface area contributed by atoms with Gasteiger partial charge in [0.2, 0.25) is 0 Å². The molecule has 17 heavy (non-hydrogen) atoms. The van der Waals surface area contributed by atoms with Crippen LogP contribution in [0.3, 0.4) is 0 Å². The van der Waals surface area contributed by atoms with Gasteiger partial charge in [-0.1, -0.05) is 0 Å². The van der Waals surface area contributed by atoms with E-state index in [1.165, 1.54) is 0 Å². The quantitative estimate of drug-likeness (QED) is 0.672. The van der Waals surface area contributed by atoms with Crippen molar-refractivity contribution in [3.63, 3.8) is 0 Å². The van der Waals surface area contributed by atoms with E-state index in [4.69, 9.17) is 4.74 Å². The zero-order chi connectivity index (χ0) is 11.7. The fourth-order valence-electron chi connectivity index (χ4n) is 1.88. The Balaban J connectivity index is 2.26. The van der Waals surface area contributed by atoms with Gasteiger partial charge in [0.1, 0.15) is 17.1 Å². The summed E-state index contributed by atoms with van der Waals surface area (Å²) in [4.78, 5) is 8.44. The molecule has 0 aliphatic heterocycles. The molecule has 3 aromatic heterocycles. The Morgan fingerprint density at radius 2 is 2.00 bits per heavy atom. The third kappa shape index (κ3) is 1.54. The summed E-state index contributed by atoms with van der Waals surface area (Å²) in [5.41, 5.74) is 2.00. The summed E-state index contributed by atoms with van der Waals surface area (Å²) >= 11 is 0. The van der Waals surface area contributed by atoms with Crippen LogP contribution in [0.25, 0.3) is 16.9 Å². The number of pyridine rings is 2. The Hall–Kier alpha value is -2.36. The minimum absolute atomic E-state index is 0.820. The van der Waals surface area contributed by atoms with E-state index in [-0.39, 0.29) is 0 Å². The van der Waals surface area contributed by atoms with Crippen LogP contribution in [0.4, 0.5) is 0 Å². The molecule has 3 aromatic rings. The van der Waals surface area contributed by atoms with Crippen LogP contribution < -0.4 is 4.74 Å². The molecule has 0 aliphatic carbocycles. The summed E-state index contributed by atoms with van der Waals surface area (Å²) in [5.74, 6) is 1.71. The highest BCUT2D eigenvalue weighted by atomic mass is 16.5. The highest BCUT2D eigenvalue weighted by molar-refractivity contribution is 5.67. The van der Waals surface area contributed by atoms with Crippen molar-refractivity contribution in [3.05, 3.63) is 49.1 Å². The molecule has 0 unspecified atom stereocenters. The first-order valence-electron chi connectivity index (χ1n) is 5.30. The van der Waals surface area contributed by atoms with Crippen LogP contribution in [0.1, 0.15) is 0 Å².